The molecule has 1 aliphatic rings. The van der Waals surface area contributed by atoms with Crippen LogP contribution in [0.25, 0.3) is 4.96 Å². The Morgan fingerprint density at radius 3 is 3.05 bits per heavy atom. The topological polar surface area (TPSA) is 37.6 Å². The van der Waals surface area contributed by atoms with Crippen LogP contribution in [0.5, 0.6) is 0 Å². The fourth-order valence-corrected chi connectivity index (χ4v) is 4.14. The monoisotopic (exact) mass is 311 g/mol. The van der Waals surface area contributed by atoms with E-state index in [2.05, 4.69) is 41.1 Å². The minimum atomic E-state index is 0.0132. The number of thiazole rings is 1. The normalized spacial score (nSPS) is 17.2. The minimum absolute atomic E-state index is 0.0132. The summed E-state index contributed by atoms with van der Waals surface area (Å²) < 4.78 is 1.68. The SMILES string of the molecule is Cc1csc2nc(CN3C[C@H](C)c4ccccc43)cc(=O)n12. The van der Waals surface area contributed by atoms with Crippen LogP contribution in [0.1, 0.15) is 29.8 Å². The molecule has 0 N–H and O–H groups in total. The van der Waals surface area contributed by atoms with Crippen LogP contribution < -0.4 is 10.5 Å². The number of benzene rings is 1. The van der Waals surface area contributed by atoms with Gasteiger partial charge < -0.3 is 4.90 Å². The summed E-state index contributed by atoms with van der Waals surface area (Å²) in [6.45, 7) is 5.84. The highest BCUT2D eigenvalue weighted by Crippen LogP contribution is 2.36. The van der Waals surface area contributed by atoms with E-state index in [0.717, 1.165) is 22.9 Å². The Morgan fingerprint density at radius 2 is 2.18 bits per heavy atom. The van der Waals surface area contributed by atoms with Crippen molar-refractivity contribution in [1.29, 1.82) is 0 Å². The lowest BCUT2D eigenvalue weighted by Gasteiger charge is -2.19. The predicted octanol–water partition coefficient (Wildman–Crippen LogP) is 3.19. The Hall–Kier alpha value is -2.14. The van der Waals surface area contributed by atoms with Gasteiger partial charge in [-0.15, -0.1) is 11.3 Å². The van der Waals surface area contributed by atoms with Crippen LogP contribution in [0.2, 0.25) is 0 Å². The van der Waals surface area contributed by atoms with Crippen LogP contribution in [-0.2, 0) is 6.54 Å². The zero-order chi connectivity index (χ0) is 15.3. The van der Waals surface area contributed by atoms with Crippen LogP contribution >= 0.6 is 11.3 Å². The van der Waals surface area contributed by atoms with Crippen molar-refractivity contribution in [1.82, 2.24) is 9.38 Å². The number of hydrogen-bond acceptors (Lipinski definition) is 4. The Balaban J connectivity index is 1.72. The van der Waals surface area contributed by atoms with Crippen LogP contribution in [0.3, 0.4) is 0 Å². The van der Waals surface area contributed by atoms with Crippen molar-refractivity contribution in [3.05, 3.63) is 63.0 Å². The highest BCUT2D eigenvalue weighted by molar-refractivity contribution is 7.15. The van der Waals surface area contributed by atoms with Crippen molar-refractivity contribution in [2.75, 3.05) is 11.4 Å². The first-order chi connectivity index (χ1) is 10.6. The fraction of sp³-hybridized carbons (Fsp3) is 0.294. The van der Waals surface area contributed by atoms with Gasteiger partial charge in [0.1, 0.15) is 0 Å². The summed E-state index contributed by atoms with van der Waals surface area (Å²) >= 11 is 1.52. The zero-order valence-electron chi connectivity index (χ0n) is 12.6. The van der Waals surface area contributed by atoms with Gasteiger partial charge in [-0.2, -0.15) is 0 Å². The Kier molecular flexibility index (Phi) is 3.04. The molecule has 5 heteroatoms. The minimum Gasteiger partial charge on any atom is -0.365 e. The third kappa shape index (κ3) is 2.04. The molecular weight excluding hydrogens is 294 g/mol. The number of nitrogens with zero attached hydrogens (tertiary/aromatic N) is 3. The van der Waals surface area contributed by atoms with Gasteiger partial charge in [0.05, 0.1) is 12.2 Å². The molecule has 0 unspecified atom stereocenters. The van der Waals surface area contributed by atoms with Crippen molar-refractivity contribution < 1.29 is 0 Å². The Bertz CT molecular complexity index is 912. The molecule has 0 spiro atoms. The summed E-state index contributed by atoms with van der Waals surface area (Å²) in [6.07, 6.45) is 0. The predicted molar refractivity (Wildman–Crippen MR) is 90.0 cm³/mol. The second-order valence-electron chi connectivity index (χ2n) is 5.92. The second kappa shape index (κ2) is 4.95. The maximum atomic E-state index is 12.3. The van der Waals surface area contributed by atoms with Gasteiger partial charge in [-0.3, -0.25) is 9.20 Å². The summed E-state index contributed by atoms with van der Waals surface area (Å²) in [5, 5.41) is 1.97. The largest absolute Gasteiger partial charge is 0.365 e. The van der Waals surface area contributed by atoms with Crippen LogP contribution in [0.4, 0.5) is 5.69 Å². The maximum Gasteiger partial charge on any atom is 0.259 e. The lowest BCUT2D eigenvalue weighted by Crippen LogP contribution is -2.23. The molecule has 4 rings (SSSR count). The summed E-state index contributed by atoms with van der Waals surface area (Å²) in [5.74, 6) is 0.519. The van der Waals surface area contributed by atoms with Gasteiger partial charge in [0.15, 0.2) is 4.96 Å². The quantitative estimate of drug-likeness (QED) is 0.729. The zero-order valence-corrected chi connectivity index (χ0v) is 13.4. The molecule has 1 aromatic carbocycles. The molecule has 0 bridgehead atoms. The molecule has 1 aliphatic heterocycles. The van der Waals surface area contributed by atoms with Crippen molar-refractivity contribution in [2.45, 2.75) is 26.3 Å². The van der Waals surface area contributed by atoms with Crippen molar-refractivity contribution in [2.24, 2.45) is 0 Å². The highest BCUT2D eigenvalue weighted by Gasteiger charge is 2.25. The summed E-state index contributed by atoms with van der Waals surface area (Å²) in [6, 6.07) is 10.2. The average Bonchev–Trinajstić information content (AvgIpc) is 3.02. The van der Waals surface area contributed by atoms with Crippen molar-refractivity contribution >= 4 is 22.0 Å². The first-order valence-corrected chi connectivity index (χ1v) is 8.32. The molecule has 0 fully saturated rings. The maximum absolute atomic E-state index is 12.3. The van der Waals surface area contributed by atoms with Crippen molar-refractivity contribution in [3.8, 4) is 0 Å². The number of anilines is 1. The summed E-state index contributed by atoms with van der Waals surface area (Å²) in [5.41, 5.74) is 4.45. The average molecular weight is 311 g/mol. The molecule has 2 aromatic heterocycles. The number of aryl methyl sites for hydroxylation is 1. The third-order valence-corrected chi connectivity index (χ3v) is 5.23. The highest BCUT2D eigenvalue weighted by atomic mass is 32.1. The van der Waals surface area contributed by atoms with E-state index in [1.54, 1.807) is 10.5 Å². The smallest absolute Gasteiger partial charge is 0.259 e. The van der Waals surface area contributed by atoms with E-state index in [0.29, 0.717) is 12.5 Å². The molecule has 0 aliphatic carbocycles. The molecule has 0 amide bonds. The molecule has 112 valence electrons. The van der Waals surface area contributed by atoms with Gasteiger partial charge in [-0.1, -0.05) is 25.1 Å². The number of aromatic nitrogens is 2. The second-order valence-corrected chi connectivity index (χ2v) is 6.76. The van der Waals surface area contributed by atoms with Gasteiger partial charge in [0.25, 0.3) is 5.56 Å². The van der Waals surface area contributed by atoms with E-state index in [1.165, 1.54) is 22.6 Å². The number of hydrogen-bond donors (Lipinski definition) is 0. The lowest BCUT2D eigenvalue weighted by molar-refractivity contribution is 0.736. The molecule has 0 radical (unpaired) electrons. The molecule has 4 nitrogen and oxygen atoms in total. The van der Waals surface area contributed by atoms with Crippen LogP contribution in [-0.4, -0.2) is 15.9 Å². The molecule has 3 heterocycles. The van der Waals surface area contributed by atoms with Gasteiger partial charge >= 0.3 is 0 Å². The van der Waals surface area contributed by atoms with Gasteiger partial charge in [-0.25, -0.2) is 4.98 Å². The molecular formula is C17H17N3OS. The van der Waals surface area contributed by atoms with E-state index in [9.17, 15) is 4.79 Å². The van der Waals surface area contributed by atoms with Crippen LogP contribution in [0, 0.1) is 6.92 Å². The van der Waals surface area contributed by atoms with Crippen LogP contribution in [0.15, 0.2) is 40.5 Å². The van der Waals surface area contributed by atoms with E-state index in [1.807, 2.05) is 12.3 Å². The third-order valence-electron chi connectivity index (χ3n) is 4.28. The first kappa shape index (κ1) is 13.5. The molecule has 1 atom stereocenters. The summed E-state index contributed by atoms with van der Waals surface area (Å²) in [7, 11) is 0. The standard InChI is InChI=1S/C17H17N3OS/c1-11-8-19(15-6-4-3-5-14(11)15)9-13-7-16(21)20-12(2)10-22-17(20)18-13/h3-7,10-11H,8-9H2,1-2H3/t11-/m0/s1. The van der Waals surface area contributed by atoms with Gasteiger partial charge in [0.2, 0.25) is 0 Å². The number of para-hydroxylation sites is 1. The molecule has 22 heavy (non-hydrogen) atoms. The summed E-state index contributed by atoms with van der Waals surface area (Å²) in [4.78, 5) is 20.0. The first-order valence-electron chi connectivity index (χ1n) is 7.44. The molecule has 3 aromatic rings. The van der Waals surface area contributed by atoms with E-state index in [-0.39, 0.29) is 5.56 Å². The molecule has 0 saturated carbocycles. The number of fused-ring (bicyclic) bond motifs is 2. The molecule has 0 saturated heterocycles. The lowest BCUT2D eigenvalue weighted by atomic mass is 10.0. The van der Waals surface area contributed by atoms with Crippen molar-refractivity contribution in [3.63, 3.8) is 0 Å². The Morgan fingerprint density at radius 1 is 1.36 bits per heavy atom. The van der Waals surface area contributed by atoms with E-state index < -0.39 is 0 Å². The van der Waals surface area contributed by atoms with E-state index in [4.69, 9.17) is 0 Å². The van der Waals surface area contributed by atoms with Gasteiger partial charge in [-0.05, 0) is 18.6 Å². The number of rotatable bonds is 2. The van der Waals surface area contributed by atoms with Gasteiger partial charge in [0, 0.05) is 35.3 Å². The fourth-order valence-electron chi connectivity index (χ4n) is 3.25. The van der Waals surface area contributed by atoms with E-state index >= 15 is 0 Å². The Labute approximate surface area is 132 Å².